The maximum atomic E-state index is 4.44. The maximum absolute atomic E-state index is 4.44. The lowest BCUT2D eigenvalue weighted by Crippen LogP contribution is -1.99. The van der Waals surface area contributed by atoms with Gasteiger partial charge >= 0.3 is 0 Å². The number of hydrogen-bond donors (Lipinski definition) is 0. The molecule has 0 amide bonds. The fourth-order valence-corrected chi connectivity index (χ4v) is 2.32. The molecule has 4 heteroatoms. The molecule has 0 fully saturated rings. The molecule has 0 N–H and O–H groups in total. The first-order valence-corrected chi connectivity index (χ1v) is 6.44. The largest absolute Gasteiger partial charge is 0.283 e. The molecule has 2 heterocycles. The molecule has 0 aliphatic rings. The summed E-state index contributed by atoms with van der Waals surface area (Å²) in [7, 11) is 0. The predicted molar refractivity (Wildman–Crippen MR) is 71.5 cm³/mol. The molecule has 0 spiro atoms. The van der Waals surface area contributed by atoms with Crippen LogP contribution in [0.2, 0.25) is 0 Å². The molecular weight excluding hydrogens is 278 g/mol. The third-order valence-corrected chi connectivity index (χ3v) is 3.30. The van der Waals surface area contributed by atoms with Crippen molar-refractivity contribution >= 4 is 27.0 Å². The van der Waals surface area contributed by atoms with Gasteiger partial charge in [-0.25, -0.2) is 9.97 Å². The number of fused-ring (bicyclic) bond motifs is 1. The number of nitrogens with zero attached hydrogens (tertiary/aromatic N) is 3. The van der Waals surface area contributed by atoms with Crippen LogP contribution in [-0.4, -0.2) is 14.5 Å². The van der Waals surface area contributed by atoms with E-state index in [4.69, 9.17) is 0 Å². The quantitative estimate of drug-likeness (QED) is 0.677. The first-order valence-electron chi connectivity index (χ1n) is 5.32. The van der Waals surface area contributed by atoms with Crippen molar-refractivity contribution < 1.29 is 0 Å². The van der Waals surface area contributed by atoms with E-state index in [1.54, 1.807) is 6.20 Å². The first-order chi connectivity index (χ1) is 8.40. The average Bonchev–Trinajstić information content (AvgIpc) is 2.82. The number of pyridine rings is 1. The second kappa shape index (κ2) is 4.30. The van der Waals surface area contributed by atoms with E-state index in [9.17, 15) is 0 Å². The van der Waals surface area contributed by atoms with Gasteiger partial charge in [-0.3, -0.25) is 4.57 Å². The van der Waals surface area contributed by atoms with Gasteiger partial charge in [0.05, 0.1) is 11.0 Å². The number of halogens is 1. The zero-order valence-corrected chi connectivity index (χ0v) is 10.6. The minimum Gasteiger partial charge on any atom is -0.283 e. The Labute approximate surface area is 107 Å². The van der Waals surface area contributed by atoms with Crippen LogP contribution >= 0.6 is 15.9 Å². The Balaban J connectivity index is 2.27. The molecule has 0 saturated carbocycles. The predicted octanol–water partition coefficient (Wildman–Crippen LogP) is 3.32. The van der Waals surface area contributed by atoms with Crippen LogP contribution in [0.5, 0.6) is 0 Å². The molecular formula is C13H10BrN3. The lowest BCUT2D eigenvalue weighted by Gasteiger charge is -2.07. The second-order valence-electron chi connectivity index (χ2n) is 3.72. The molecule has 0 unspecified atom stereocenters. The molecule has 0 bridgehead atoms. The van der Waals surface area contributed by atoms with Gasteiger partial charge in [-0.05, 0) is 18.2 Å². The SMILES string of the molecule is BrCc1cccnc1-n1cnc2ccccc21. The van der Waals surface area contributed by atoms with Crippen LogP contribution in [0.25, 0.3) is 16.9 Å². The Bertz CT molecular complexity index is 660. The number of aromatic nitrogens is 3. The van der Waals surface area contributed by atoms with Gasteiger partial charge in [-0.1, -0.05) is 34.1 Å². The van der Waals surface area contributed by atoms with Crippen LogP contribution in [0.3, 0.4) is 0 Å². The van der Waals surface area contributed by atoms with E-state index < -0.39 is 0 Å². The van der Waals surface area contributed by atoms with E-state index in [1.807, 2.05) is 35.2 Å². The number of rotatable bonds is 2. The lowest BCUT2D eigenvalue weighted by molar-refractivity contribution is 0.999. The molecule has 2 aromatic heterocycles. The van der Waals surface area contributed by atoms with Crippen molar-refractivity contribution in [1.29, 1.82) is 0 Å². The monoisotopic (exact) mass is 287 g/mol. The van der Waals surface area contributed by atoms with Gasteiger partial charge < -0.3 is 0 Å². The van der Waals surface area contributed by atoms with Crippen molar-refractivity contribution in [2.75, 3.05) is 0 Å². The highest BCUT2D eigenvalue weighted by Crippen LogP contribution is 2.20. The van der Waals surface area contributed by atoms with E-state index in [-0.39, 0.29) is 0 Å². The second-order valence-corrected chi connectivity index (χ2v) is 4.28. The standard InChI is InChI=1S/C13H10BrN3/c14-8-10-4-3-7-15-13(10)17-9-16-11-5-1-2-6-12(11)17/h1-7,9H,8H2. The minimum atomic E-state index is 0.780. The van der Waals surface area contributed by atoms with Crippen molar-refractivity contribution in [2.24, 2.45) is 0 Å². The summed E-state index contributed by atoms with van der Waals surface area (Å²) in [4.78, 5) is 8.81. The van der Waals surface area contributed by atoms with Gasteiger partial charge in [-0.2, -0.15) is 0 Å². The summed E-state index contributed by atoms with van der Waals surface area (Å²) in [6.07, 6.45) is 3.62. The highest BCUT2D eigenvalue weighted by molar-refractivity contribution is 9.08. The molecule has 3 nitrogen and oxygen atoms in total. The van der Waals surface area contributed by atoms with E-state index in [2.05, 4.69) is 38.0 Å². The Morgan fingerprint density at radius 2 is 1.94 bits per heavy atom. The molecule has 0 saturated heterocycles. The topological polar surface area (TPSA) is 30.7 Å². The van der Waals surface area contributed by atoms with Gasteiger partial charge in [0, 0.05) is 17.1 Å². The van der Waals surface area contributed by atoms with Gasteiger partial charge in [-0.15, -0.1) is 0 Å². The van der Waals surface area contributed by atoms with Crippen LogP contribution in [0, 0.1) is 0 Å². The summed E-state index contributed by atoms with van der Waals surface area (Å²) in [6, 6.07) is 12.1. The summed E-state index contributed by atoms with van der Waals surface area (Å²) in [5.41, 5.74) is 3.21. The van der Waals surface area contributed by atoms with E-state index in [0.29, 0.717) is 0 Å². The van der Waals surface area contributed by atoms with Crippen molar-refractivity contribution in [2.45, 2.75) is 5.33 Å². The highest BCUT2D eigenvalue weighted by Gasteiger charge is 2.08. The van der Waals surface area contributed by atoms with Crippen molar-refractivity contribution in [3.63, 3.8) is 0 Å². The molecule has 17 heavy (non-hydrogen) atoms. The number of imidazole rings is 1. The molecule has 3 rings (SSSR count). The summed E-state index contributed by atoms with van der Waals surface area (Å²) < 4.78 is 2.02. The first kappa shape index (κ1) is 10.5. The Morgan fingerprint density at radius 3 is 2.82 bits per heavy atom. The van der Waals surface area contributed by atoms with Crippen LogP contribution in [0.4, 0.5) is 0 Å². The summed E-state index contributed by atoms with van der Waals surface area (Å²) in [6.45, 7) is 0. The van der Waals surface area contributed by atoms with Gasteiger partial charge in [0.2, 0.25) is 0 Å². The number of alkyl halides is 1. The number of hydrogen-bond acceptors (Lipinski definition) is 2. The van der Waals surface area contributed by atoms with Crippen molar-refractivity contribution in [3.8, 4) is 5.82 Å². The van der Waals surface area contributed by atoms with Crippen LogP contribution < -0.4 is 0 Å². The smallest absolute Gasteiger partial charge is 0.142 e. The number of para-hydroxylation sites is 2. The normalized spacial score (nSPS) is 10.9. The van der Waals surface area contributed by atoms with Crippen LogP contribution in [-0.2, 0) is 5.33 Å². The fourth-order valence-electron chi connectivity index (χ4n) is 1.88. The van der Waals surface area contributed by atoms with Gasteiger partial charge in [0.1, 0.15) is 12.1 Å². The van der Waals surface area contributed by atoms with Crippen molar-refractivity contribution in [1.82, 2.24) is 14.5 Å². The van der Waals surface area contributed by atoms with Gasteiger partial charge in [0.25, 0.3) is 0 Å². The summed E-state index contributed by atoms with van der Waals surface area (Å²) in [5.74, 6) is 0.929. The molecule has 84 valence electrons. The highest BCUT2D eigenvalue weighted by atomic mass is 79.9. The van der Waals surface area contributed by atoms with Gasteiger partial charge in [0.15, 0.2) is 0 Å². The van der Waals surface area contributed by atoms with Crippen LogP contribution in [0.15, 0.2) is 48.9 Å². The zero-order valence-electron chi connectivity index (χ0n) is 9.05. The molecule has 0 aliphatic carbocycles. The van der Waals surface area contributed by atoms with E-state index in [0.717, 1.165) is 27.7 Å². The summed E-state index contributed by atoms with van der Waals surface area (Å²) in [5, 5.41) is 0.780. The molecule has 1 aromatic carbocycles. The Kier molecular flexibility index (Phi) is 2.65. The molecule has 3 aromatic rings. The average molecular weight is 288 g/mol. The van der Waals surface area contributed by atoms with E-state index >= 15 is 0 Å². The fraction of sp³-hybridized carbons (Fsp3) is 0.0769. The third-order valence-electron chi connectivity index (χ3n) is 2.69. The third kappa shape index (κ3) is 1.74. The van der Waals surface area contributed by atoms with Crippen molar-refractivity contribution in [3.05, 3.63) is 54.5 Å². The lowest BCUT2D eigenvalue weighted by atomic mass is 10.2. The minimum absolute atomic E-state index is 0.780. The Hall–Kier alpha value is -1.68. The van der Waals surface area contributed by atoms with E-state index in [1.165, 1.54) is 0 Å². The zero-order chi connectivity index (χ0) is 11.7. The number of benzene rings is 1. The maximum Gasteiger partial charge on any atom is 0.142 e. The molecule has 0 aliphatic heterocycles. The summed E-state index contributed by atoms with van der Waals surface area (Å²) >= 11 is 3.48. The Morgan fingerprint density at radius 1 is 1.06 bits per heavy atom. The molecule has 0 atom stereocenters. The molecule has 0 radical (unpaired) electrons. The van der Waals surface area contributed by atoms with Crippen LogP contribution in [0.1, 0.15) is 5.56 Å².